The number of nitrogens with one attached hydrogen (secondary N) is 2. The molecule has 2 N–H and O–H groups in total. The fourth-order valence-electron chi connectivity index (χ4n) is 1.90. The Hall–Kier alpha value is -1.89. The van der Waals surface area contributed by atoms with Crippen LogP contribution in [-0.4, -0.2) is 28.3 Å². The Kier molecular flexibility index (Phi) is 3.92. The van der Waals surface area contributed by atoms with Gasteiger partial charge in [-0.2, -0.15) is 0 Å². The van der Waals surface area contributed by atoms with Crippen molar-refractivity contribution in [1.82, 2.24) is 5.32 Å². The number of amidine groups is 1. The number of rotatable bonds is 4. The molecule has 2 amide bonds. The zero-order valence-corrected chi connectivity index (χ0v) is 12.0. The maximum Gasteiger partial charge on any atom is 0.240 e. The van der Waals surface area contributed by atoms with E-state index < -0.39 is 11.1 Å². The van der Waals surface area contributed by atoms with Crippen molar-refractivity contribution in [2.24, 2.45) is 4.99 Å². The van der Waals surface area contributed by atoms with E-state index >= 15 is 0 Å². The predicted molar refractivity (Wildman–Crippen MR) is 79.6 cm³/mol. The Morgan fingerprint density at radius 2 is 2.19 bits per heavy atom. The number of benzene rings is 1. The predicted octanol–water partition coefficient (Wildman–Crippen LogP) is 1.90. The summed E-state index contributed by atoms with van der Waals surface area (Å²) in [5.74, 6) is -1.10. The van der Waals surface area contributed by atoms with Crippen LogP contribution in [0.2, 0.25) is 0 Å². The topological polar surface area (TPSA) is 70.6 Å². The van der Waals surface area contributed by atoms with Gasteiger partial charge in [0.15, 0.2) is 5.17 Å². The van der Waals surface area contributed by atoms with Crippen molar-refractivity contribution in [3.05, 3.63) is 30.1 Å². The molecule has 5 nitrogen and oxygen atoms in total. The van der Waals surface area contributed by atoms with E-state index in [4.69, 9.17) is 0 Å². The number of anilines is 1. The van der Waals surface area contributed by atoms with Crippen LogP contribution in [0.3, 0.4) is 0 Å². The molecule has 0 bridgehead atoms. The summed E-state index contributed by atoms with van der Waals surface area (Å²) in [5, 5.41) is 5.24. The summed E-state index contributed by atoms with van der Waals surface area (Å²) in [4.78, 5) is 28.0. The maximum atomic E-state index is 13.4. The summed E-state index contributed by atoms with van der Waals surface area (Å²) in [6.45, 7) is 0. The minimum absolute atomic E-state index is 0.00544. The molecule has 1 aromatic carbocycles. The van der Waals surface area contributed by atoms with Gasteiger partial charge in [-0.1, -0.05) is 23.9 Å². The van der Waals surface area contributed by atoms with Gasteiger partial charge in [0.2, 0.25) is 11.8 Å². The highest BCUT2D eigenvalue weighted by molar-refractivity contribution is 8.15. The Morgan fingerprint density at radius 3 is 2.90 bits per heavy atom. The standard InChI is InChI=1S/C14H14FN3O2S/c15-9-3-1-2-4-10(9)17-12(19)7-11-13(20)18-14(21-11)16-8-5-6-8/h1-4,8,11H,5-7H2,(H,17,19)(H,16,18,20)/t11-/m0/s1. The van der Waals surface area contributed by atoms with E-state index in [9.17, 15) is 14.0 Å². The van der Waals surface area contributed by atoms with Crippen molar-refractivity contribution >= 4 is 34.4 Å². The first-order chi connectivity index (χ1) is 10.1. The van der Waals surface area contributed by atoms with Crippen LogP contribution in [0.25, 0.3) is 0 Å². The normalized spacial score (nSPS) is 23.2. The maximum absolute atomic E-state index is 13.4. The average Bonchev–Trinajstić information content (AvgIpc) is 3.18. The van der Waals surface area contributed by atoms with Crippen LogP contribution in [0, 0.1) is 5.82 Å². The lowest BCUT2D eigenvalue weighted by atomic mass is 10.2. The number of carbonyl (C=O) groups is 2. The fourth-order valence-corrected chi connectivity index (χ4v) is 2.94. The third-order valence-corrected chi connectivity index (χ3v) is 4.24. The minimum atomic E-state index is -0.505. The lowest BCUT2D eigenvalue weighted by molar-refractivity contribution is -0.122. The SMILES string of the molecule is O=C(C[C@@H]1SC(=NC2CC2)NC1=O)Nc1ccccc1F. The van der Waals surface area contributed by atoms with E-state index in [2.05, 4.69) is 15.6 Å². The van der Waals surface area contributed by atoms with Crippen LogP contribution in [0.15, 0.2) is 29.3 Å². The number of amides is 2. The number of carbonyl (C=O) groups excluding carboxylic acids is 2. The number of aliphatic imine (C=N–C) groups is 1. The van der Waals surface area contributed by atoms with Crippen LogP contribution in [-0.2, 0) is 9.59 Å². The van der Waals surface area contributed by atoms with Gasteiger partial charge in [0.25, 0.3) is 0 Å². The minimum Gasteiger partial charge on any atom is -0.324 e. The summed E-state index contributed by atoms with van der Waals surface area (Å²) in [6, 6.07) is 6.25. The number of halogens is 1. The lowest BCUT2D eigenvalue weighted by Crippen LogP contribution is -2.28. The number of para-hydroxylation sites is 1. The van der Waals surface area contributed by atoms with Crippen LogP contribution in [0.5, 0.6) is 0 Å². The number of thioether (sulfide) groups is 1. The molecule has 0 aromatic heterocycles. The number of nitrogens with zero attached hydrogens (tertiary/aromatic N) is 1. The molecule has 0 unspecified atom stereocenters. The molecule has 110 valence electrons. The van der Waals surface area contributed by atoms with E-state index in [-0.39, 0.29) is 23.9 Å². The molecular weight excluding hydrogens is 293 g/mol. The van der Waals surface area contributed by atoms with E-state index in [0.717, 1.165) is 12.8 Å². The van der Waals surface area contributed by atoms with Crippen LogP contribution in [0.1, 0.15) is 19.3 Å². The van der Waals surface area contributed by atoms with E-state index in [1.54, 1.807) is 12.1 Å². The molecule has 0 radical (unpaired) electrons. The second-order valence-corrected chi connectivity index (χ2v) is 6.18. The second-order valence-electron chi connectivity index (χ2n) is 4.99. The van der Waals surface area contributed by atoms with Crippen molar-refractivity contribution < 1.29 is 14.0 Å². The van der Waals surface area contributed by atoms with Crippen molar-refractivity contribution in [3.8, 4) is 0 Å². The number of hydrogen-bond acceptors (Lipinski definition) is 4. The van der Waals surface area contributed by atoms with Crippen LogP contribution in [0.4, 0.5) is 10.1 Å². The van der Waals surface area contributed by atoms with Crippen molar-refractivity contribution in [1.29, 1.82) is 0 Å². The number of hydrogen-bond donors (Lipinski definition) is 2. The molecule has 2 aliphatic rings. The molecule has 1 aliphatic heterocycles. The summed E-state index contributed by atoms with van der Waals surface area (Å²) >= 11 is 1.26. The molecule has 1 saturated carbocycles. The smallest absolute Gasteiger partial charge is 0.240 e. The summed E-state index contributed by atoms with van der Waals surface area (Å²) < 4.78 is 13.4. The van der Waals surface area contributed by atoms with E-state index in [0.29, 0.717) is 11.2 Å². The average molecular weight is 307 g/mol. The zero-order valence-electron chi connectivity index (χ0n) is 11.1. The molecule has 1 aromatic rings. The van der Waals surface area contributed by atoms with Crippen molar-refractivity contribution in [3.63, 3.8) is 0 Å². The second kappa shape index (κ2) is 5.85. The first-order valence-corrected chi connectivity index (χ1v) is 7.59. The van der Waals surface area contributed by atoms with E-state index in [1.807, 2.05) is 0 Å². The largest absolute Gasteiger partial charge is 0.324 e. The lowest BCUT2D eigenvalue weighted by Gasteiger charge is -2.07. The monoisotopic (exact) mass is 307 g/mol. The molecular formula is C14H14FN3O2S. The fraction of sp³-hybridized carbons (Fsp3) is 0.357. The molecule has 3 rings (SSSR count). The first-order valence-electron chi connectivity index (χ1n) is 6.71. The molecule has 1 saturated heterocycles. The molecule has 1 heterocycles. The molecule has 2 fully saturated rings. The van der Waals surface area contributed by atoms with Crippen molar-refractivity contribution in [2.75, 3.05) is 5.32 Å². The van der Waals surface area contributed by atoms with Gasteiger partial charge < -0.3 is 10.6 Å². The van der Waals surface area contributed by atoms with Gasteiger partial charge in [0.1, 0.15) is 11.1 Å². The highest BCUT2D eigenvalue weighted by Gasteiger charge is 2.33. The third-order valence-electron chi connectivity index (χ3n) is 3.14. The highest BCUT2D eigenvalue weighted by atomic mass is 32.2. The Balaban J connectivity index is 1.57. The van der Waals surface area contributed by atoms with Gasteiger partial charge >= 0.3 is 0 Å². The van der Waals surface area contributed by atoms with Gasteiger partial charge in [-0.3, -0.25) is 14.6 Å². The van der Waals surface area contributed by atoms with Crippen molar-refractivity contribution in [2.45, 2.75) is 30.6 Å². The molecule has 1 atom stereocenters. The Bertz CT molecular complexity index is 616. The summed E-state index contributed by atoms with van der Waals surface area (Å²) in [5.41, 5.74) is 0.123. The molecule has 21 heavy (non-hydrogen) atoms. The van der Waals surface area contributed by atoms with Gasteiger partial charge in [-0.15, -0.1) is 0 Å². The van der Waals surface area contributed by atoms with Gasteiger partial charge in [0, 0.05) is 6.42 Å². The Labute approximate surface area is 125 Å². The molecule has 1 aliphatic carbocycles. The first kappa shape index (κ1) is 14.1. The van der Waals surface area contributed by atoms with Crippen LogP contribution < -0.4 is 10.6 Å². The van der Waals surface area contributed by atoms with Gasteiger partial charge in [-0.05, 0) is 25.0 Å². The quantitative estimate of drug-likeness (QED) is 0.892. The van der Waals surface area contributed by atoms with Gasteiger partial charge in [-0.25, -0.2) is 4.39 Å². The van der Waals surface area contributed by atoms with Gasteiger partial charge in [0.05, 0.1) is 11.7 Å². The highest BCUT2D eigenvalue weighted by Crippen LogP contribution is 2.29. The Morgan fingerprint density at radius 1 is 1.43 bits per heavy atom. The summed E-state index contributed by atoms with van der Waals surface area (Å²) in [7, 11) is 0. The van der Waals surface area contributed by atoms with E-state index in [1.165, 1.54) is 23.9 Å². The molecule has 7 heteroatoms. The third kappa shape index (κ3) is 3.60. The molecule has 0 spiro atoms. The van der Waals surface area contributed by atoms with Crippen LogP contribution >= 0.6 is 11.8 Å². The zero-order chi connectivity index (χ0) is 14.8. The summed E-state index contributed by atoms with van der Waals surface area (Å²) in [6.07, 6.45) is 2.10.